The summed E-state index contributed by atoms with van der Waals surface area (Å²) >= 11 is 0. The molecule has 198 valence electrons. The van der Waals surface area contributed by atoms with Crippen molar-refractivity contribution in [2.45, 2.75) is 116 Å². The van der Waals surface area contributed by atoms with Gasteiger partial charge in [0, 0.05) is 44.7 Å². The summed E-state index contributed by atoms with van der Waals surface area (Å²) in [6, 6.07) is 7.30. The molecule has 1 unspecified atom stereocenters. The van der Waals surface area contributed by atoms with Crippen molar-refractivity contribution in [3.63, 3.8) is 0 Å². The van der Waals surface area contributed by atoms with Crippen molar-refractivity contribution >= 4 is 16.9 Å². The Labute approximate surface area is 218 Å². The predicted molar refractivity (Wildman–Crippen MR) is 146 cm³/mol. The number of imidazole rings is 1. The van der Waals surface area contributed by atoms with E-state index in [2.05, 4.69) is 41.5 Å². The first-order valence-electron chi connectivity index (χ1n) is 15.0. The van der Waals surface area contributed by atoms with Crippen LogP contribution in [0.15, 0.2) is 18.2 Å². The Morgan fingerprint density at radius 2 is 1.83 bits per heavy atom. The number of hydrogen-bond donors (Lipinski definition) is 0. The number of carbonyl (C=O) groups excluding carboxylic acids is 1. The molecule has 0 N–H and O–H groups in total. The van der Waals surface area contributed by atoms with Crippen LogP contribution >= 0.6 is 0 Å². The lowest BCUT2D eigenvalue weighted by molar-refractivity contribution is -0.134. The molecule has 1 aromatic carbocycles. The molecule has 2 saturated carbocycles. The number of amides is 1. The number of benzene rings is 1. The van der Waals surface area contributed by atoms with Gasteiger partial charge in [-0.15, -0.1) is 0 Å². The SMILES string of the molecule is CCC1CCC(c2nc3ccc(CC4CCOC4)cc3n2CCC(=O)N(CC)C2CCCCC2)CC1. The Kier molecular flexibility index (Phi) is 8.66. The molecule has 1 amide bonds. The first kappa shape index (κ1) is 25.8. The van der Waals surface area contributed by atoms with Crippen molar-refractivity contribution in [3.05, 3.63) is 29.6 Å². The molecule has 2 heterocycles. The van der Waals surface area contributed by atoms with E-state index in [1.54, 1.807) is 0 Å². The second-order valence-corrected chi connectivity index (χ2v) is 11.7. The summed E-state index contributed by atoms with van der Waals surface area (Å²) in [4.78, 5) is 20.8. The third kappa shape index (κ3) is 5.82. The van der Waals surface area contributed by atoms with Crippen molar-refractivity contribution in [3.8, 4) is 0 Å². The Hall–Kier alpha value is -1.88. The number of hydrogen-bond acceptors (Lipinski definition) is 3. The van der Waals surface area contributed by atoms with Crippen LogP contribution in [-0.2, 0) is 22.5 Å². The molecule has 3 aliphatic rings. The molecule has 1 aliphatic heterocycles. The summed E-state index contributed by atoms with van der Waals surface area (Å²) in [5.74, 6) is 3.57. The molecule has 1 saturated heterocycles. The van der Waals surface area contributed by atoms with Gasteiger partial charge < -0.3 is 14.2 Å². The van der Waals surface area contributed by atoms with Gasteiger partial charge in [-0.1, -0.05) is 38.7 Å². The summed E-state index contributed by atoms with van der Waals surface area (Å²) in [7, 11) is 0. The van der Waals surface area contributed by atoms with Gasteiger partial charge in [0.05, 0.1) is 11.0 Å². The van der Waals surface area contributed by atoms with E-state index < -0.39 is 0 Å². The molecule has 2 aliphatic carbocycles. The summed E-state index contributed by atoms with van der Waals surface area (Å²) in [5, 5.41) is 0. The quantitative estimate of drug-likeness (QED) is 0.383. The third-order valence-electron chi connectivity index (χ3n) is 9.41. The molecule has 2 aromatic rings. The number of carbonyl (C=O) groups is 1. The Morgan fingerprint density at radius 1 is 1.03 bits per heavy atom. The Bertz CT molecular complexity index is 995. The van der Waals surface area contributed by atoms with Crippen molar-refractivity contribution in [2.24, 2.45) is 11.8 Å². The van der Waals surface area contributed by atoms with Gasteiger partial charge in [-0.05, 0) is 87.8 Å². The van der Waals surface area contributed by atoms with Crippen LogP contribution in [0.3, 0.4) is 0 Å². The lowest BCUT2D eigenvalue weighted by atomic mass is 9.80. The zero-order valence-corrected chi connectivity index (χ0v) is 22.7. The molecular weight excluding hydrogens is 446 g/mol. The molecule has 0 bridgehead atoms. The highest BCUT2D eigenvalue weighted by Gasteiger charge is 2.28. The summed E-state index contributed by atoms with van der Waals surface area (Å²) in [6.45, 7) is 7.83. The monoisotopic (exact) mass is 493 g/mol. The largest absolute Gasteiger partial charge is 0.381 e. The van der Waals surface area contributed by atoms with Gasteiger partial charge in [0.1, 0.15) is 5.82 Å². The highest BCUT2D eigenvalue weighted by Crippen LogP contribution is 2.38. The molecule has 5 rings (SSSR count). The number of nitrogens with zero attached hydrogens (tertiary/aromatic N) is 3. The molecular formula is C31H47N3O2. The predicted octanol–water partition coefficient (Wildman–Crippen LogP) is 6.87. The van der Waals surface area contributed by atoms with Gasteiger partial charge in [-0.25, -0.2) is 4.98 Å². The zero-order valence-electron chi connectivity index (χ0n) is 22.7. The zero-order chi connectivity index (χ0) is 24.9. The van der Waals surface area contributed by atoms with E-state index in [-0.39, 0.29) is 0 Å². The van der Waals surface area contributed by atoms with Crippen LogP contribution in [0.1, 0.15) is 108 Å². The average Bonchev–Trinajstić information content (AvgIpc) is 3.56. The summed E-state index contributed by atoms with van der Waals surface area (Å²) < 4.78 is 8.07. The molecule has 0 spiro atoms. The van der Waals surface area contributed by atoms with Crippen molar-refractivity contribution in [1.29, 1.82) is 0 Å². The van der Waals surface area contributed by atoms with Crippen LogP contribution < -0.4 is 0 Å². The first-order valence-corrected chi connectivity index (χ1v) is 15.0. The molecule has 3 fully saturated rings. The van der Waals surface area contributed by atoms with E-state index in [1.165, 1.54) is 81.1 Å². The Balaban J connectivity index is 1.38. The maximum Gasteiger partial charge on any atom is 0.224 e. The van der Waals surface area contributed by atoms with Crippen LogP contribution in [0.25, 0.3) is 11.0 Å². The minimum atomic E-state index is 0.325. The smallest absolute Gasteiger partial charge is 0.224 e. The molecule has 1 atom stereocenters. The number of ether oxygens (including phenoxy) is 1. The third-order valence-corrected chi connectivity index (χ3v) is 9.41. The van der Waals surface area contributed by atoms with Gasteiger partial charge in [0.25, 0.3) is 0 Å². The van der Waals surface area contributed by atoms with Crippen LogP contribution in [0.4, 0.5) is 0 Å². The van der Waals surface area contributed by atoms with E-state index in [4.69, 9.17) is 9.72 Å². The molecule has 1 aromatic heterocycles. The number of fused-ring (bicyclic) bond motifs is 1. The van der Waals surface area contributed by atoms with Crippen LogP contribution in [0.5, 0.6) is 0 Å². The second kappa shape index (κ2) is 12.1. The van der Waals surface area contributed by atoms with Gasteiger partial charge in [0.2, 0.25) is 5.91 Å². The van der Waals surface area contributed by atoms with Crippen molar-refractivity contribution in [2.75, 3.05) is 19.8 Å². The second-order valence-electron chi connectivity index (χ2n) is 11.7. The standard InChI is InChI=1S/C31H47N3O2/c1-3-23-10-13-26(14-11-23)31-32-28-15-12-24(20-25-17-19-36-22-25)21-29(28)34(31)18-16-30(35)33(4-2)27-8-6-5-7-9-27/h12,15,21,23,25-27H,3-11,13-14,16-20,22H2,1-2H3. The minimum Gasteiger partial charge on any atom is -0.381 e. The van der Waals surface area contributed by atoms with Gasteiger partial charge in [-0.2, -0.15) is 0 Å². The van der Waals surface area contributed by atoms with Gasteiger partial charge in [-0.3, -0.25) is 4.79 Å². The molecule has 5 nitrogen and oxygen atoms in total. The summed E-state index contributed by atoms with van der Waals surface area (Å²) in [6.07, 6.45) is 15.4. The highest BCUT2D eigenvalue weighted by molar-refractivity contribution is 5.79. The number of aromatic nitrogens is 2. The van der Waals surface area contributed by atoms with Gasteiger partial charge in [0.15, 0.2) is 0 Å². The topological polar surface area (TPSA) is 47.4 Å². The van der Waals surface area contributed by atoms with E-state index in [0.29, 0.717) is 30.2 Å². The number of aryl methyl sites for hydroxylation is 1. The normalized spacial score (nSPS) is 25.4. The fourth-order valence-corrected chi connectivity index (χ4v) is 7.15. The lowest BCUT2D eigenvalue weighted by Gasteiger charge is -2.34. The molecule has 5 heteroatoms. The Morgan fingerprint density at radius 3 is 2.53 bits per heavy atom. The van der Waals surface area contributed by atoms with E-state index in [1.807, 2.05) is 0 Å². The fourth-order valence-electron chi connectivity index (χ4n) is 7.15. The highest BCUT2D eigenvalue weighted by atomic mass is 16.5. The van der Waals surface area contributed by atoms with Crippen LogP contribution in [-0.4, -0.2) is 46.2 Å². The maximum absolute atomic E-state index is 13.4. The fraction of sp³-hybridized carbons (Fsp3) is 0.742. The van der Waals surface area contributed by atoms with Crippen molar-refractivity contribution < 1.29 is 9.53 Å². The van der Waals surface area contributed by atoms with E-state index >= 15 is 0 Å². The van der Waals surface area contributed by atoms with Crippen LogP contribution in [0, 0.1) is 11.8 Å². The van der Waals surface area contributed by atoms with Crippen LogP contribution in [0.2, 0.25) is 0 Å². The van der Waals surface area contributed by atoms with Gasteiger partial charge >= 0.3 is 0 Å². The summed E-state index contributed by atoms with van der Waals surface area (Å²) in [5.41, 5.74) is 3.71. The minimum absolute atomic E-state index is 0.325. The molecule has 36 heavy (non-hydrogen) atoms. The first-order chi connectivity index (χ1) is 17.7. The molecule has 0 radical (unpaired) electrons. The lowest BCUT2D eigenvalue weighted by Crippen LogP contribution is -2.41. The van der Waals surface area contributed by atoms with E-state index in [9.17, 15) is 4.79 Å². The number of rotatable bonds is 9. The average molecular weight is 494 g/mol. The maximum atomic E-state index is 13.4. The van der Waals surface area contributed by atoms with E-state index in [0.717, 1.165) is 50.6 Å². The van der Waals surface area contributed by atoms with Crippen molar-refractivity contribution in [1.82, 2.24) is 14.5 Å².